The second-order valence-electron chi connectivity index (χ2n) is 4.10. The number of fused-ring (bicyclic) bond motifs is 1. The first kappa shape index (κ1) is 11.2. The van der Waals surface area contributed by atoms with Gasteiger partial charge in [0, 0.05) is 23.3 Å². The highest BCUT2D eigenvalue weighted by molar-refractivity contribution is 6.00. The molecule has 3 heteroatoms. The van der Waals surface area contributed by atoms with Crippen LogP contribution in [-0.4, -0.2) is 4.98 Å². The molecule has 2 aromatic heterocycles. The normalized spacial score (nSPS) is 11.4. The van der Waals surface area contributed by atoms with Gasteiger partial charge in [-0.15, -0.1) is 0 Å². The van der Waals surface area contributed by atoms with Crippen LogP contribution < -0.4 is 0 Å². The van der Waals surface area contributed by atoms with Gasteiger partial charge in [0.2, 0.25) is 0 Å². The van der Waals surface area contributed by atoms with Gasteiger partial charge in [0.15, 0.2) is 0 Å². The summed E-state index contributed by atoms with van der Waals surface area (Å²) >= 11 is 0. The van der Waals surface area contributed by atoms with Gasteiger partial charge >= 0.3 is 0 Å². The van der Waals surface area contributed by atoms with E-state index in [9.17, 15) is 5.26 Å². The van der Waals surface area contributed by atoms with Crippen molar-refractivity contribution in [1.82, 2.24) is 4.98 Å². The number of aromatic nitrogens is 1. The molecular formula is C16H10N2O. The van der Waals surface area contributed by atoms with E-state index in [2.05, 4.69) is 11.1 Å². The largest absolute Gasteiger partial charge is 0.464 e. The molecule has 1 aromatic carbocycles. The minimum Gasteiger partial charge on any atom is -0.464 e. The summed E-state index contributed by atoms with van der Waals surface area (Å²) in [4.78, 5) is 4.04. The van der Waals surface area contributed by atoms with Crippen LogP contribution in [0.1, 0.15) is 11.1 Å². The van der Waals surface area contributed by atoms with Crippen molar-refractivity contribution in [3.05, 3.63) is 66.2 Å². The smallest absolute Gasteiger partial charge is 0.134 e. The Bertz CT molecular complexity index is 779. The Morgan fingerprint density at radius 1 is 1.21 bits per heavy atom. The quantitative estimate of drug-likeness (QED) is 0.644. The van der Waals surface area contributed by atoms with Crippen molar-refractivity contribution in [1.29, 1.82) is 5.26 Å². The number of nitrogens with zero attached hydrogens (tertiary/aromatic N) is 2. The Labute approximate surface area is 110 Å². The van der Waals surface area contributed by atoms with Crippen LogP contribution in [0, 0.1) is 11.3 Å². The van der Waals surface area contributed by atoms with E-state index >= 15 is 0 Å². The summed E-state index contributed by atoms with van der Waals surface area (Å²) in [6.07, 6.45) is 6.86. The van der Waals surface area contributed by atoms with E-state index in [0.29, 0.717) is 5.57 Å². The highest BCUT2D eigenvalue weighted by atomic mass is 16.3. The van der Waals surface area contributed by atoms with Gasteiger partial charge in [-0.3, -0.25) is 4.98 Å². The van der Waals surface area contributed by atoms with Crippen LogP contribution >= 0.6 is 0 Å². The van der Waals surface area contributed by atoms with E-state index < -0.39 is 0 Å². The average Bonchev–Trinajstić information content (AvgIpc) is 2.90. The Hall–Kier alpha value is -2.86. The molecule has 2 heterocycles. The first-order chi connectivity index (χ1) is 9.38. The molecule has 0 saturated carbocycles. The van der Waals surface area contributed by atoms with Crippen LogP contribution in [0.25, 0.3) is 22.6 Å². The summed E-state index contributed by atoms with van der Waals surface area (Å²) in [6, 6.07) is 13.6. The monoisotopic (exact) mass is 246 g/mol. The maximum Gasteiger partial charge on any atom is 0.134 e. The minimum atomic E-state index is 0.568. The number of para-hydroxylation sites is 1. The fourth-order valence-electron chi connectivity index (χ4n) is 1.98. The van der Waals surface area contributed by atoms with Crippen molar-refractivity contribution in [3.8, 4) is 6.07 Å². The zero-order valence-electron chi connectivity index (χ0n) is 10.1. The highest BCUT2D eigenvalue weighted by Gasteiger charge is 2.09. The van der Waals surface area contributed by atoms with E-state index in [1.165, 1.54) is 0 Å². The van der Waals surface area contributed by atoms with Gasteiger partial charge in [-0.25, -0.2) is 0 Å². The van der Waals surface area contributed by atoms with E-state index in [-0.39, 0.29) is 0 Å². The average molecular weight is 246 g/mol. The van der Waals surface area contributed by atoms with Gasteiger partial charge in [-0.1, -0.05) is 24.3 Å². The standard InChI is InChI=1S/C16H10N2O/c17-9-13(8-12-4-3-7-18-10-12)15-11-19-16-6-2-1-5-14(15)16/h1-8,10-11H/b13-8+. The molecule has 19 heavy (non-hydrogen) atoms. The number of rotatable bonds is 2. The van der Waals surface area contributed by atoms with E-state index in [0.717, 1.165) is 22.1 Å². The van der Waals surface area contributed by atoms with Gasteiger partial charge in [0.1, 0.15) is 11.8 Å². The Morgan fingerprint density at radius 3 is 2.89 bits per heavy atom. The van der Waals surface area contributed by atoms with Crippen LogP contribution in [0.3, 0.4) is 0 Å². The summed E-state index contributed by atoms with van der Waals surface area (Å²) in [7, 11) is 0. The number of hydrogen-bond donors (Lipinski definition) is 0. The van der Waals surface area contributed by atoms with E-state index in [1.807, 2.05) is 42.5 Å². The summed E-state index contributed by atoms with van der Waals surface area (Å²) in [5, 5.41) is 10.3. The predicted molar refractivity (Wildman–Crippen MR) is 73.9 cm³/mol. The van der Waals surface area contributed by atoms with E-state index in [1.54, 1.807) is 18.7 Å². The molecule has 0 aliphatic heterocycles. The first-order valence-corrected chi connectivity index (χ1v) is 5.87. The SMILES string of the molecule is N#C/C(=C\c1cccnc1)c1coc2ccccc12. The van der Waals surface area contributed by atoms with Gasteiger partial charge in [0.25, 0.3) is 0 Å². The topological polar surface area (TPSA) is 49.8 Å². The molecule has 0 amide bonds. The van der Waals surface area contributed by atoms with Gasteiger partial charge in [-0.05, 0) is 23.8 Å². The first-order valence-electron chi connectivity index (χ1n) is 5.87. The molecule has 0 bridgehead atoms. The molecule has 0 spiro atoms. The summed E-state index contributed by atoms with van der Waals surface area (Å²) in [5.41, 5.74) is 3.05. The van der Waals surface area contributed by atoms with Crippen LogP contribution in [-0.2, 0) is 0 Å². The lowest BCUT2D eigenvalue weighted by molar-refractivity contribution is 0.615. The number of pyridine rings is 1. The summed E-state index contributed by atoms with van der Waals surface area (Å²) < 4.78 is 5.46. The van der Waals surface area contributed by atoms with Gasteiger partial charge in [0.05, 0.1) is 11.6 Å². The molecule has 0 atom stereocenters. The Kier molecular flexibility index (Phi) is 2.83. The fraction of sp³-hybridized carbons (Fsp3) is 0. The molecule has 0 saturated heterocycles. The molecular weight excluding hydrogens is 236 g/mol. The Morgan fingerprint density at radius 2 is 2.11 bits per heavy atom. The van der Waals surface area contributed by atoms with Gasteiger partial charge < -0.3 is 4.42 Å². The molecule has 0 aliphatic carbocycles. The number of allylic oxidation sites excluding steroid dienone is 1. The number of nitriles is 1. The lowest BCUT2D eigenvalue weighted by Crippen LogP contribution is -1.81. The molecule has 3 nitrogen and oxygen atoms in total. The number of hydrogen-bond acceptors (Lipinski definition) is 3. The predicted octanol–water partition coefficient (Wildman–Crippen LogP) is 3.89. The molecule has 3 aromatic rings. The second kappa shape index (κ2) is 4.79. The maximum atomic E-state index is 9.34. The molecule has 3 rings (SSSR count). The summed E-state index contributed by atoms with van der Waals surface area (Å²) in [6.45, 7) is 0. The number of benzene rings is 1. The van der Waals surface area contributed by atoms with Gasteiger partial charge in [-0.2, -0.15) is 5.26 Å². The van der Waals surface area contributed by atoms with Crippen molar-refractivity contribution in [2.45, 2.75) is 0 Å². The van der Waals surface area contributed by atoms with Crippen molar-refractivity contribution in [2.75, 3.05) is 0 Å². The van der Waals surface area contributed by atoms with Crippen molar-refractivity contribution < 1.29 is 4.42 Å². The molecule has 0 N–H and O–H groups in total. The van der Waals surface area contributed by atoms with Crippen LogP contribution in [0.5, 0.6) is 0 Å². The van der Waals surface area contributed by atoms with Crippen molar-refractivity contribution >= 4 is 22.6 Å². The lowest BCUT2D eigenvalue weighted by Gasteiger charge is -1.96. The zero-order valence-corrected chi connectivity index (χ0v) is 10.1. The third kappa shape index (κ3) is 2.12. The molecule has 0 unspecified atom stereocenters. The minimum absolute atomic E-state index is 0.568. The third-order valence-electron chi connectivity index (χ3n) is 2.89. The summed E-state index contributed by atoms with van der Waals surface area (Å²) in [5.74, 6) is 0. The highest BCUT2D eigenvalue weighted by Crippen LogP contribution is 2.27. The van der Waals surface area contributed by atoms with Crippen LogP contribution in [0.2, 0.25) is 0 Å². The fourth-order valence-corrected chi connectivity index (χ4v) is 1.98. The number of furan rings is 1. The van der Waals surface area contributed by atoms with E-state index in [4.69, 9.17) is 4.42 Å². The third-order valence-corrected chi connectivity index (χ3v) is 2.89. The zero-order chi connectivity index (χ0) is 13.1. The van der Waals surface area contributed by atoms with Crippen LogP contribution in [0.4, 0.5) is 0 Å². The van der Waals surface area contributed by atoms with Crippen molar-refractivity contribution in [3.63, 3.8) is 0 Å². The molecule has 0 radical (unpaired) electrons. The molecule has 0 aliphatic rings. The Balaban J connectivity index is 2.14. The van der Waals surface area contributed by atoms with Crippen molar-refractivity contribution in [2.24, 2.45) is 0 Å². The molecule has 0 fully saturated rings. The van der Waals surface area contributed by atoms with Crippen LogP contribution in [0.15, 0.2) is 59.5 Å². The maximum absolute atomic E-state index is 9.34. The second-order valence-corrected chi connectivity index (χ2v) is 4.10. The molecule has 90 valence electrons. The lowest BCUT2D eigenvalue weighted by atomic mass is 10.0.